The van der Waals surface area contributed by atoms with E-state index >= 15 is 0 Å². The Morgan fingerprint density at radius 2 is 1.86 bits per heavy atom. The van der Waals surface area contributed by atoms with Crippen molar-refractivity contribution >= 4 is 0 Å². The maximum Gasteiger partial charge on any atom is 0.126 e. The molecule has 35 heavy (non-hydrogen) atoms. The summed E-state index contributed by atoms with van der Waals surface area (Å²) in [7, 11) is 1.74. The minimum Gasteiger partial charge on any atom is -0.493 e. The van der Waals surface area contributed by atoms with Crippen LogP contribution in [0.25, 0.3) is 11.1 Å². The maximum absolute atomic E-state index is 6.20. The predicted molar refractivity (Wildman–Crippen MR) is 139 cm³/mol. The second-order valence-corrected chi connectivity index (χ2v) is 9.64. The van der Waals surface area contributed by atoms with Gasteiger partial charge in [0.15, 0.2) is 0 Å². The number of nitrogens with one attached hydrogen (secondary N) is 1. The molecule has 0 radical (unpaired) electrons. The lowest BCUT2D eigenvalue weighted by molar-refractivity contribution is 0.182. The van der Waals surface area contributed by atoms with E-state index in [-0.39, 0.29) is 6.10 Å². The first-order valence-corrected chi connectivity index (χ1v) is 12.6. The van der Waals surface area contributed by atoms with Gasteiger partial charge in [0, 0.05) is 37.8 Å². The fourth-order valence-corrected chi connectivity index (χ4v) is 5.20. The van der Waals surface area contributed by atoms with Crippen molar-refractivity contribution < 1.29 is 18.9 Å². The summed E-state index contributed by atoms with van der Waals surface area (Å²) in [6.45, 7) is 8.24. The van der Waals surface area contributed by atoms with E-state index < -0.39 is 0 Å². The fraction of sp³-hybridized carbons (Fsp3) is 0.400. The third-order valence-electron chi connectivity index (χ3n) is 6.98. The molecular weight excluding hydrogens is 438 g/mol. The van der Waals surface area contributed by atoms with Crippen molar-refractivity contribution in [3.05, 3.63) is 76.9 Å². The van der Waals surface area contributed by atoms with Crippen LogP contribution < -0.4 is 19.5 Å². The van der Waals surface area contributed by atoms with Crippen LogP contribution in [-0.2, 0) is 11.3 Å². The lowest BCUT2D eigenvalue weighted by atomic mass is 9.94. The zero-order valence-corrected chi connectivity index (χ0v) is 20.9. The molecule has 5 rings (SSSR count). The number of methoxy groups -OCH3 is 1. The Balaban J connectivity index is 1.27. The largest absolute Gasteiger partial charge is 0.493 e. The van der Waals surface area contributed by atoms with Crippen molar-refractivity contribution in [3.8, 4) is 28.4 Å². The average molecular weight is 474 g/mol. The molecule has 3 aromatic carbocycles. The number of benzene rings is 3. The molecule has 5 nitrogen and oxygen atoms in total. The fourth-order valence-electron chi connectivity index (χ4n) is 5.20. The van der Waals surface area contributed by atoms with Gasteiger partial charge >= 0.3 is 0 Å². The van der Waals surface area contributed by atoms with Gasteiger partial charge in [-0.05, 0) is 85.3 Å². The van der Waals surface area contributed by atoms with Gasteiger partial charge in [0.2, 0.25) is 0 Å². The number of ether oxygens (including phenoxy) is 4. The topological polar surface area (TPSA) is 49.0 Å². The van der Waals surface area contributed by atoms with Gasteiger partial charge in [0.1, 0.15) is 30.0 Å². The number of aryl methyl sites for hydroxylation is 2. The molecule has 2 atom stereocenters. The van der Waals surface area contributed by atoms with Crippen LogP contribution in [0.2, 0.25) is 0 Å². The Morgan fingerprint density at radius 3 is 2.63 bits per heavy atom. The van der Waals surface area contributed by atoms with Crippen LogP contribution >= 0.6 is 0 Å². The SMILES string of the molecule is COCCC1COc2cc(OCc3cccc(-c4c(C)cc(OC5CCNC5)cc4C)c3)ccc21. The number of rotatable bonds is 9. The Bertz CT molecular complexity index is 1150. The Kier molecular flexibility index (Phi) is 7.26. The molecule has 0 bridgehead atoms. The van der Waals surface area contributed by atoms with E-state index in [0.717, 1.165) is 55.4 Å². The van der Waals surface area contributed by atoms with Crippen molar-refractivity contribution in [2.45, 2.75) is 45.3 Å². The third kappa shape index (κ3) is 5.47. The first kappa shape index (κ1) is 23.7. The summed E-state index contributed by atoms with van der Waals surface area (Å²) < 4.78 is 23.5. The molecule has 0 amide bonds. The number of hydrogen-bond acceptors (Lipinski definition) is 5. The first-order valence-electron chi connectivity index (χ1n) is 12.6. The summed E-state index contributed by atoms with van der Waals surface area (Å²) in [6, 6.07) is 19.1. The number of hydrogen-bond donors (Lipinski definition) is 1. The van der Waals surface area contributed by atoms with Crippen LogP contribution in [0.3, 0.4) is 0 Å². The van der Waals surface area contributed by atoms with E-state index in [1.807, 2.05) is 12.1 Å². The molecule has 0 aromatic heterocycles. The molecule has 0 aliphatic carbocycles. The highest BCUT2D eigenvalue weighted by atomic mass is 16.5. The molecular formula is C30H35NO4. The van der Waals surface area contributed by atoms with E-state index in [9.17, 15) is 0 Å². The van der Waals surface area contributed by atoms with E-state index in [2.05, 4.69) is 61.6 Å². The van der Waals surface area contributed by atoms with Crippen LogP contribution in [-0.4, -0.2) is 39.5 Å². The Labute approximate surface area is 208 Å². The summed E-state index contributed by atoms with van der Waals surface area (Å²) in [5.41, 5.74) is 7.30. The second kappa shape index (κ2) is 10.7. The van der Waals surface area contributed by atoms with Gasteiger partial charge in [0.25, 0.3) is 0 Å². The molecule has 2 unspecified atom stereocenters. The standard InChI is InChI=1S/C30H35NO4/c1-20-13-27(35-26-9-11-31-17-26)14-21(2)30(20)23-6-4-5-22(15-23)18-33-25-7-8-28-24(10-12-32-3)19-34-29(28)16-25/h4-8,13-16,24,26,31H,9-12,17-19H2,1-3H3. The van der Waals surface area contributed by atoms with Crippen LogP contribution in [0, 0.1) is 13.8 Å². The van der Waals surface area contributed by atoms with Gasteiger partial charge < -0.3 is 24.3 Å². The second-order valence-electron chi connectivity index (χ2n) is 9.64. The lowest BCUT2D eigenvalue weighted by Gasteiger charge is -2.17. The van der Waals surface area contributed by atoms with Crippen LogP contribution in [0.5, 0.6) is 17.2 Å². The molecule has 2 heterocycles. The molecule has 5 heteroatoms. The Morgan fingerprint density at radius 1 is 1.00 bits per heavy atom. The number of fused-ring (bicyclic) bond motifs is 1. The van der Waals surface area contributed by atoms with Gasteiger partial charge in [-0.25, -0.2) is 0 Å². The highest BCUT2D eigenvalue weighted by Crippen LogP contribution is 2.38. The minimum atomic E-state index is 0.265. The van der Waals surface area contributed by atoms with Crippen LogP contribution in [0.4, 0.5) is 0 Å². The third-order valence-corrected chi connectivity index (χ3v) is 6.98. The zero-order chi connectivity index (χ0) is 24.2. The summed E-state index contributed by atoms with van der Waals surface area (Å²) in [6.07, 6.45) is 2.30. The van der Waals surface area contributed by atoms with Crippen molar-refractivity contribution in [1.29, 1.82) is 0 Å². The summed E-state index contributed by atoms with van der Waals surface area (Å²) >= 11 is 0. The molecule has 1 saturated heterocycles. The summed E-state index contributed by atoms with van der Waals surface area (Å²) in [4.78, 5) is 0. The highest BCUT2D eigenvalue weighted by Gasteiger charge is 2.24. The normalized spacial score (nSPS) is 18.8. The lowest BCUT2D eigenvalue weighted by Crippen LogP contribution is -2.19. The van der Waals surface area contributed by atoms with Crippen LogP contribution in [0.15, 0.2) is 54.6 Å². The first-order chi connectivity index (χ1) is 17.1. The van der Waals surface area contributed by atoms with Gasteiger partial charge in [-0.15, -0.1) is 0 Å². The van der Waals surface area contributed by atoms with Crippen molar-refractivity contribution in [2.75, 3.05) is 33.4 Å². The zero-order valence-electron chi connectivity index (χ0n) is 20.9. The van der Waals surface area contributed by atoms with E-state index in [1.165, 1.54) is 27.8 Å². The van der Waals surface area contributed by atoms with E-state index in [0.29, 0.717) is 19.1 Å². The van der Waals surface area contributed by atoms with Gasteiger partial charge in [-0.1, -0.05) is 24.3 Å². The highest BCUT2D eigenvalue weighted by molar-refractivity contribution is 5.72. The quantitative estimate of drug-likeness (QED) is 0.425. The van der Waals surface area contributed by atoms with Crippen molar-refractivity contribution in [2.24, 2.45) is 0 Å². The average Bonchev–Trinajstić information content (AvgIpc) is 3.51. The smallest absolute Gasteiger partial charge is 0.126 e. The maximum atomic E-state index is 6.20. The molecule has 3 aromatic rings. The van der Waals surface area contributed by atoms with Gasteiger partial charge in [0.05, 0.1) is 6.61 Å². The van der Waals surface area contributed by atoms with Gasteiger partial charge in [-0.2, -0.15) is 0 Å². The monoisotopic (exact) mass is 473 g/mol. The molecule has 1 fully saturated rings. The van der Waals surface area contributed by atoms with E-state index in [1.54, 1.807) is 7.11 Å². The van der Waals surface area contributed by atoms with Crippen LogP contribution in [0.1, 0.15) is 41.0 Å². The van der Waals surface area contributed by atoms with Crippen molar-refractivity contribution in [1.82, 2.24) is 5.32 Å². The molecule has 1 N–H and O–H groups in total. The van der Waals surface area contributed by atoms with E-state index in [4.69, 9.17) is 18.9 Å². The Hall–Kier alpha value is -3.02. The predicted octanol–water partition coefficient (Wildman–Crippen LogP) is 5.80. The summed E-state index contributed by atoms with van der Waals surface area (Å²) in [5, 5.41) is 3.36. The molecule has 0 spiro atoms. The van der Waals surface area contributed by atoms with Gasteiger partial charge in [-0.3, -0.25) is 0 Å². The minimum absolute atomic E-state index is 0.265. The molecule has 184 valence electrons. The summed E-state index contributed by atoms with van der Waals surface area (Å²) in [5.74, 6) is 3.12. The molecule has 2 aliphatic heterocycles. The van der Waals surface area contributed by atoms with Crippen molar-refractivity contribution in [3.63, 3.8) is 0 Å². The molecule has 2 aliphatic rings. The molecule has 0 saturated carbocycles.